The van der Waals surface area contributed by atoms with Crippen LogP contribution < -0.4 is 10.6 Å². The molecule has 2 atom stereocenters. The van der Waals surface area contributed by atoms with Gasteiger partial charge in [-0.3, -0.25) is 14.6 Å². The molecule has 3 aliphatic heterocycles. The molecule has 1 aromatic rings. The topological polar surface area (TPSA) is 138 Å². The summed E-state index contributed by atoms with van der Waals surface area (Å²) in [4.78, 5) is 31.7. The van der Waals surface area contributed by atoms with Gasteiger partial charge in [-0.1, -0.05) is 6.07 Å². The number of fused-ring (bicyclic) bond motifs is 1. The number of rotatable bonds is 6. The normalized spacial score (nSPS) is 23.7. The number of hydrogen-bond donors (Lipinski definition) is 5. The number of carboxylic acid groups (broad SMARTS) is 1. The molecule has 3 aliphatic rings. The summed E-state index contributed by atoms with van der Waals surface area (Å²) in [6.07, 6.45) is 3.56. The van der Waals surface area contributed by atoms with Crippen molar-refractivity contribution in [3.8, 4) is 0 Å². The zero-order valence-corrected chi connectivity index (χ0v) is 19.2. The number of anilines is 1. The van der Waals surface area contributed by atoms with E-state index in [4.69, 9.17) is 4.98 Å². The van der Waals surface area contributed by atoms with E-state index in [0.717, 1.165) is 56.8 Å². The molecule has 5 N–H and O–H groups in total. The molecule has 2 saturated heterocycles. The summed E-state index contributed by atoms with van der Waals surface area (Å²) in [5, 5.41) is 37.0. The van der Waals surface area contributed by atoms with Crippen molar-refractivity contribution in [2.24, 2.45) is 0 Å². The molecular weight excluding hydrogens is 426 g/mol. The largest absolute Gasteiger partial charge is 0.480 e. The van der Waals surface area contributed by atoms with Crippen molar-refractivity contribution in [2.75, 3.05) is 38.0 Å². The highest BCUT2D eigenvalue weighted by Crippen LogP contribution is 2.32. The number of aliphatic hydroxyl groups excluding tert-OH is 1. The number of aryl methyl sites for hydroxylation is 1. The first-order chi connectivity index (χ1) is 15.8. The Morgan fingerprint density at radius 2 is 1.85 bits per heavy atom. The third kappa shape index (κ3) is 5.29. The van der Waals surface area contributed by atoms with Crippen LogP contribution in [0.5, 0.6) is 0 Å². The number of aliphatic hydroxyl groups is 2. The molecule has 4 rings (SSSR count). The van der Waals surface area contributed by atoms with Gasteiger partial charge in [-0.2, -0.15) is 0 Å². The van der Waals surface area contributed by atoms with Crippen molar-refractivity contribution in [3.05, 3.63) is 23.4 Å². The Morgan fingerprint density at radius 1 is 1.18 bits per heavy atom. The zero-order valence-electron chi connectivity index (χ0n) is 19.2. The predicted octanol–water partition coefficient (Wildman–Crippen LogP) is 0.311. The van der Waals surface area contributed by atoms with Crippen molar-refractivity contribution in [2.45, 2.75) is 69.4 Å². The quantitative estimate of drug-likeness (QED) is 0.405. The van der Waals surface area contributed by atoms with E-state index >= 15 is 0 Å². The SMILES string of the molecule is CC(=O)N[C@H](C(=O)O)C1(O)CCN(C(O)N2CCC(c3ccc4c(n3)NCCC4)CC2)CC1. The molecule has 33 heavy (non-hydrogen) atoms. The number of hydrogen-bond acceptors (Lipinski definition) is 8. The Bertz CT molecular complexity index is 865. The van der Waals surface area contributed by atoms with Crippen molar-refractivity contribution in [1.82, 2.24) is 20.1 Å². The number of piperidine rings is 2. The monoisotopic (exact) mass is 461 g/mol. The number of amides is 1. The highest BCUT2D eigenvalue weighted by Gasteiger charge is 2.45. The maximum absolute atomic E-state index is 11.6. The number of aliphatic carboxylic acids is 1. The molecule has 0 aliphatic carbocycles. The first-order valence-corrected chi connectivity index (χ1v) is 11.9. The Morgan fingerprint density at radius 3 is 2.48 bits per heavy atom. The fourth-order valence-electron chi connectivity index (χ4n) is 5.29. The predicted molar refractivity (Wildman–Crippen MR) is 122 cm³/mol. The van der Waals surface area contributed by atoms with Gasteiger partial charge in [0.1, 0.15) is 5.82 Å². The fourth-order valence-corrected chi connectivity index (χ4v) is 5.29. The van der Waals surface area contributed by atoms with Crippen LogP contribution in [-0.2, 0) is 16.0 Å². The first kappa shape index (κ1) is 23.9. The average Bonchev–Trinajstić information content (AvgIpc) is 2.82. The zero-order chi connectivity index (χ0) is 23.6. The molecule has 1 amide bonds. The summed E-state index contributed by atoms with van der Waals surface area (Å²) in [5.74, 6) is -0.371. The van der Waals surface area contributed by atoms with Gasteiger partial charge < -0.3 is 26.0 Å². The Hall–Kier alpha value is -2.27. The number of carboxylic acids is 1. The standard InChI is InChI=1S/C23H35N5O5/c1-15(29)25-19(21(30)31)23(33)8-13-28(14-9-23)22(32)27-11-6-16(7-12-27)18-5-4-17-3-2-10-24-20(17)26-18/h4-5,16,19,22,32-33H,2-3,6-14H2,1H3,(H,24,26)(H,25,29)(H,30,31)/t19-,22?/m1/s1. The van der Waals surface area contributed by atoms with Gasteiger partial charge in [-0.05, 0) is 50.2 Å². The molecule has 2 fully saturated rings. The Labute approximate surface area is 194 Å². The highest BCUT2D eigenvalue weighted by atomic mass is 16.4. The number of carbonyl (C=O) groups is 2. The van der Waals surface area contributed by atoms with E-state index in [9.17, 15) is 24.9 Å². The number of carbonyl (C=O) groups excluding carboxylic acids is 1. The van der Waals surface area contributed by atoms with Crippen molar-refractivity contribution >= 4 is 17.7 Å². The van der Waals surface area contributed by atoms with Crippen LogP contribution >= 0.6 is 0 Å². The molecule has 10 heteroatoms. The van der Waals surface area contributed by atoms with Crippen LogP contribution in [0, 0.1) is 0 Å². The number of likely N-dealkylation sites (tertiary alicyclic amines) is 2. The van der Waals surface area contributed by atoms with Crippen LogP contribution in [0.1, 0.15) is 56.2 Å². The van der Waals surface area contributed by atoms with Crippen LogP contribution in [0.3, 0.4) is 0 Å². The fraction of sp³-hybridized carbons (Fsp3) is 0.696. The number of nitrogens with one attached hydrogen (secondary N) is 2. The van der Waals surface area contributed by atoms with Crippen LogP contribution in [0.15, 0.2) is 12.1 Å². The summed E-state index contributed by atoms with van der Waals surface area (Å²) >= 11 is 0. The van der Waals surface area contributed by atoms with Crippen molar-refractivity contribution < 1.29 is 24.9 Å². The Kier molecular flexibility index (Phi) is 7.18. The van der Waals surface area contributed by atoms with E-state index in [2.05, 4.69) is 22.8 Å². The number of pyridine rings is 1. The third-order valence-electron chi connectivity index (χ3n) is 7.31. The van der Waals surface area contributed by atoms with Crippen LogP contribution in [-0.4, -0.2) is 92.7 Å². The van der Waals surface area contributed by atoms with E-state index in [1.165, 1.54) is 12.5 Å². The minimum atomic E-state index is -1.53. The molecule has 10 nitrogen and oxygen atoms in total. The summed E-state index contributed by atoms with van der Waals surface area (Å²) < 4.78 is 0. The van der Waals surface area contributed by atoms with E-state index in [-0.39, 0.29) is 12.8 Å². The van der Waals surface area contributed by atoms with Gasteiger partial charge in [0.2, 0.25) is 5.91 Å². The lowest BCUT2D eigenvalue weighted by molar-refractivity contribution is -0.165. The van der Waals surface area contributed by atoms with E-state index in [0.29, 0.717) is 19.0 Å². The van der Waals surface area contributed by atoms with Crippen LogP contribution in [0.4, 0.5) is 5.82 Å². The maximum atomic E-state index is 11.6. The van der Waals surface area contributed by atoms with Gasteiger partial charge in [0, 0.05) is 51.3 Å². The van der Waals surface area contributed by atoms with Gasteiger partial charge in [0.05, 0.1) is 5.60 Å². The van der Waals surface area contributed by atoms with Gasteiger partial charge in [0.15, 0.2) is 12.4 Å². The average molecular weight is 462 g/mol. The highest BCUT2D eigenvalue weighted by molar-refractivity contribution is 5.83. The summed E-state index contributed by atoms with van der Waals surface area (Å²) in [6.45, 7) is 4.37. The van der Waals surface area contributed by atoms with Gasteiger partial charge in [0.25, 0.3) is 0 Å². The summed E-state index contributed by atoms with van der Waals surface area (Å²) in [7, 11) is 0. The van der Waals surface area contributed by atoms with Gasteiger partial charge >= 0.3 is 5.97 Å². The van der Waals surface area contributed by atoms with Gasteiger partial charge in [-0.15, -0.1) is 0 Å². The summed E-state index contributed by atoms with van der Waals surface area (Å²) in [6, 6.07) is 2.97. The van der Waals surface area contributed by atoms with E-state index in [1.807, 2.05) is 9.80 Å². The molecular formula is C23H35N5O5. The van der Waals surface area contributed by atoms with E-state index < -0.39 is 29.9 Å². The molecule has 0 bridgehead atoms. The molecule has 1 unspecified atom stereocenters. The molecule has 1 aromatic heterocycles. The second kappa shape index (κ2) is 9.92. The van der Waals surface area contributed by atoms with Crippen LogP contribution in [0.25, 0.3) is 0 Å². The smallest absolute Gasteiger partial charge is 0.329 e. The molecule has 0 spiro atoms. The maximum Gasteiger partial charge on any atom is 0.329 e. The third-order valence-corrected chi connectivity index (χ3v) is 7.31. The lowest BCUT2D eigenvalue weighted by Crippen LogP contribution is -2.63. The lowest BCUT2D eigenvalue weighted by Gasteiger charge is -2.46. The molecule has 182 valence electrons. The lowest BCUT2D eigenvalue weighted by atomic mass is 9.84. The molecule has 0 saturated carbocycles. The van der Waals surface area contributed by atoms with Crippen molar-refractivity contribution in [1.29, 1.82) is 0 Å². The first-order valence-electron chi connectivity index (χ1n) is 11.9. The number of aromatic nitrogens is 1. The minimum absolute atomic E-state index is 0.157. The molecule has 4 heterocycles. The second-order valence-corrected chi connectivity index (χ2v) is 9.54. The molecule has 0 radical (unpaired) electrons. The minimum Gasteiger partial charge on any atom is -0.480 e. The van der Waals surface area contributed by atoms with E-state index in [1.54, 1.807) is 0 Å². The van der Waals surface area contributed by atoms with Crippen molar-refractivity contribution in [3.63, 3.8) is 0 Å². The Balaban J connectivity index is 1.30. The second-order valence-electron chi connectivity index (χ2n) is 9.54. The summed E-state index contributed by atoms with van der Waals surface area (Å²) in [5.41, 5.74) is 0.858. The van der Waals surface area contributed by atoms with Gasteiger partial charge in [-0.25, -0.2) is 9.78 Å². The number of nitrogens with zero attached hydrogens (tertiary/aromatic N) is 3. The molecule has 0 aromatic carbocycles. The van der Waals surface area contributed by atoms with Crippen LogP contribution in [0.2, 0.25) is 0 Å².